The lowest BCUT2D eigenvalue weighted by Crippen LogP contribution is -2.33. The maximum absolute atomic E-state index is 13.0. The first-order valence-electron chi connectivity index (χ1n) is 8.36. The Labute approximate surface area is 160 Å². The molecule has 0 N–H and O–H groups in total. The summed E-state index contributed by atoms with van der Waals surface area (Å²) >= 11 is 7.52. The fraction of sp³-hybridized carbons (Fsp3) is 0.263. The van der Waals surface area contributed by atoms with E-state index in [9.17, 15) is 9.59 Å². The second kappa shape index (κ2) is 6.85. The topological polar surface area (TPSA) is 49.9 Å². The lowest BCUT2D eigenvalue weighted by molar-refractivity contribution is -0.119. The molecular weight excluding hydrogens is 372 g/mol. The first kappa shape index (κ1) is 17.2. The normalized spacial score (nSPS) is 22.1. The van der Waals surface area contributed by atoms with Crippen LogP contribution in [0.5, 0.6) is 5.75 Å². The summed E-state index contributed by atoms with van der Waals surface area (Å²) in [7, 11) is 0. The lowest BCUT2D eigenvalue weighted by atomic mass is 10.2. The number of ether oxygens (including phenoxy) is 1. The quantitative estimate of drug-likeness (QED) is 0.732. The van der Waals surface area contributed by atoms with Crippen LogP contribution in [-0.2, 0) is 4.79 Å². The third-order valence-corrected chi connectivity index (χ3v) is 6.05. The van der Waals surface area contributed by atoms with Gasteiger partial charge in [0.2, 0.25) is 0 Å². The van der Waals surface area contributed by atoms with Gasteiger partial charge in [-0.3, -0.25) is 9.69 Å². The largest absolute Gasteiger partial charge is 0.494 e. The molecular formula is C19H17ClN2O3S. The molecule has 0 saturated carbocycles. The number of urea groups is 1. The van der Waals surface area contributed by atoms with Crippen molar-refractivity contribution in [2.75, 3.05) is 17.3 Å². The molecule has 26 heavy (non-hydrogen) atoms. The second-order valence-electron chi connectivity index (χ2n) is 6.04. The number of thioether (sulfide) groups is 1. The van der Waals surface area contributed by atoms with Gasteiger partial charge in [-0.1, -0.05) is 23.7 Å². The molecule has 2 aromatic carbocycles. The number of hydrogen-bond acceptors (Lipinski definition) is 4. The molecule has 2 atom stereocenters. The fourth-order valence-electron chi connectivity index (χ4n) is 3.27. The smallest absolute Gasteiger partial charge is 0.333 e. The maximum Gasteiger partial charge on any atom is 0.333 e. The Kier molecular flexibility index (Phi) is 4.54. The summed E-state index contributed by atoms with van der Waals surface area (Å²) in [6, 6.07) is 13.7. The van der Waals surface area contributed by atoms with Crippen LogP contribution in [0.2, 0.25) is 5.02 Å². The lowest BCUT2D eigenvalue weighted by Gasteiger charge is -2.23. The molecule has 0 aliphatic carbocycles. The van der Waals surface area contributed by atoms with Crippen LogP contribution in [0.4, 0.5) is 10.5 Å². The molecule has 0 spiro atoms. The number of nitrogens with zero attached hydrogens (tertiary/aromatic N) is 2. The van der Waals surface area contributed by atoms with Crippen LogP contribution in [0.1, 0.15) is 17.9 Å². The molecule has 0 aromatic heterocycles. The molecule has 2 heterocycles. The molecule has 2 aromatic rings. The highest BCUT2D eigenvalue weighted by molar-refractivity contribution is 7.99. The van der Waals surface area contributed by atoms with Gasteiger partial charge in [0.25, 0.3) is 5.91 Å². The van der Waals surface area contributed by atoms with E-state index >= 15 is 0 Å². The predicted octanol–water partition coefficient (Wildman–Crippen LogP) is 4.32. The Hall–Kier alpha value is -2.18. The molecule has 0 bridgehead atoms. The van der Waals surface area contributed by atoms with E-state index in [0.717, 1.165) is 11.3 Å². The number of halogens is 1. The van der Waals surface area contributed by atoms with Gasteiger partial charge in [0.05, 0.1) is 12.3 Å². The number of imide groups is 1. The van der Waals surface area contributed by atoms with Crippen molar-refractivity contribution < 1.29 is 14.3 Å². The van der Waals surface area contributed by atoms with Gasteiger partial charge in [-0.05, 0) is 48.9 Å². The van der Waals surface area contributed by atoms with Crippen molar-refractivity contribution in [2.45, 2.75) is 18.3 Å². The zero-order chi connectivity index (χ0) is 18.3. The van der Waals surface area contributed by atoms with Gasteiger partial charge in [-0.2, -0.15) is 0 Å². The molecule has 7 heteroatoms. The van der Waals surface area contributed by atoms with Crippen molar-refractivity contribution in [3.8, 4) is 5.75 Å². The van der Waals surface area contributed by atoms with Gasteiger partial charge in [0, 0.05) is 10.8 Å². The molecule has 4 rings (SSSR count). The number of carbonyl (C=O) groups excluding carboxylic acids is 2. The molecule has 134 valence electrons. The van der Waals surface area contributed by atoms with Crippen molar-refractivity contribution in [2.24, 2.45) is 0 Å². The molecule has 2 saturated heterocycles. The molecule has 5 nitrogen and oxygen atoms in total. The van der Waals surface area contributed by atoms with E-state index in [1.165, 1.54) is 4.90 Å². The van der Waals surface area contributed by atoms with Crippen molar-refractivity contribution in [1.29, 1.82) is 0 Å². The third-order valence-electron chi connectivity index (χ3n) is 4.48. The number of amides is 3. The summed E-state index contributed by atoms with van der Waals surface area (Å²) in [5.41, 5.74) is 1.54. The molecule has 3 amide bonds. The van der Waals surface area contributed by atoms with Gasteiger partial charge < -0.3 is 4.74 Å². The first-order valence-corrected chi connectivity index (χ1v) is 9.79. The number of hydrogen-bond donors (Lipinski definition) is 0. The van der Waals surface area contributed by atoms with Gasteiger partial charge in [0.1, 0.15) is 17.2 Å². The Bertz CT molecular complexity index is 841. The summed E-state index contributed by atoms with van der Waals surface area (Å²) < 4.78 is 5.47. The highest BCUT2D eigenvalue weighted by atomic mass is 35.5. The minimum Gasteiger partial charge on any atom is -0.494 e. The Morgan fingerprint density at radius 1 is 1.12 bits per heavy atom. The number of rotatable bonds is 4. The maximum atomic E-state index is 13.0. The molecule has 2 fully saturated rings. The SMILES string of the molecule is CCOc1ccc([C@H]2SC[C@H]3C(=O)N(c4ccc(Cl)cc4)C(=O)N23)cc1. The highest BCUT2D eigenvalue weighted by Gasteiger charge is 2.53. The van der Waals surface area contributed by atoms with Crippen LogP contribution in [0.25, 0.3) is 0 Å². The Balaban J connectivity index is 1.61. The van der Waals surface area contributed by atoms with E-state index in [1.54, 1.807) is 40.9 Å². The summed E-state index contributed by atoms with van der Waals surface area (Å²) in [5.74, 6) is 1.20. The van der Waals surface area contributed by atoms with Crippen molar-refractivity contribution >= 4 is 41.0 Å². The van der Waals surface area contributed by atoms with Crippen LogP contribution in [0, 0.1) is 0 Å². The summed E-state index contributed by atoms with van der Waals surface area (Å²) in [5, 5.41) is 0.389. The van der Waals surface area contributed by atoms with Gasteiger partial charge in [-0.25, -0.2) is 9.69 Å². The van der Waals surface area contributed by atoms with E-state index in [1.807, 2.05) is 31.2 Å². The summed E-state index contributed by atoms with van der Waals surface area (Å²) in [6.07, 6.45) is 0. The zero-order valence-electron chi connectivity index (χ0n) is 14.1. The molecule has 0 radical (unpaired) electrons. The van der Waals surface area contributed by atoms with Gasteiger partial charge in [0.15, 0.2) is 0 Å². The number of anilines is 1. The Morgan fingerprint density at radius 2 is 1.81 bits per heavy atom. The second-order valence-corrected chi connectivity index (χ2v) is 7.59. The van der Waals surface area contributed by atoms with Crippen LogP contribution >= 0.6 is 23.4 Å². The van der Waals surface area contributed by atoms with E-state index < -0.39 is 6.04 Å². The van der Waals surface area contributed by atoms with Crippen LogP contribution in [0.15, 0.2) is 48.5 Å². The minimum absolute atomic E-state index is 0.176. The molecule has 2 aliphatic heterocycles. The van der Waals surface area contributed by atoms with Crippen molar-refractivity contribution in [3.63, 3.8) is 0 Å². The predicted molar refractivity (Wildman–Crippen MR) is 103 cm³/mol. The van der Waals surface area contributed by atoms with Crippen LogP contribution in [0.3, 0.4) is 0 Å². The zero-order valence-corrected chi connectivity index (χ0v) is 15.7. The highest BCUT2D eigenvalue weighted by Crippen LogP contribution is 2.46. The standard InChI is InChI=1S/C19H17ClN2O3S/c1-2-25-15-9-3-12(4-10-15)18-22-16(11-26-18)17(23)21(19(22)24)14-7-5-13(20)6-8-14/h3-10,16,18H,2,11H2,1H3/t16-,18+/m0/s1. The molecule has 2 aliphatic rings. The monoisotopic (exact) mass is 388 g/mol. The molecule has 0 unspecified atom stereocenters. The number of fused-ring (bicyclic) bond motifs is 1. The number of carbonyl (C=O) groups is 2. The average Bonchev–Trinajstić information content (AvgIpc) is 3.18. The fourth-order valence-corrected chi connectivity index (χ4v) is 4.81. The summed E-state index contributed by atoms with van der Waals surface area (Å²) in [6.45, 7) is 2.54. The van der Waals surface area contributed by atoms with Crippen LogP contribution < -0.4 is 9.64 Å². The summed E-state index contributed by atoms with van der Waals surface area (Å²) in [4.78, 5) is 28.7. The van der Waals surface area contributed by atoms with E-state index in [0.29, 0.717) is 23.1 Å². The third kappa shape index (κ3) is 2.83. The van der Waals surface area contributed by atoms with Gasteiger partial charge in [-0.15, -0.1) is 11.8 Å². The van der Waals surface area contributed by atoms with Crippen LogP contribution in [-0.4, -0.2) is 35.2 Å². The first-order chi connectivity index (χ1) is 12.6. The van der Waals surface area contributed by atoms with E-state index in [4.69, 9.17) is 16.3 Å². The van der Waals surface area contributed by atoms with E-state index in [-0.39, 0.29) is 17.3 Å². The van der Waals surface area contributed by atoms with Crippen molar-refractivity contribution in [1.82, 2.24) is 4.90 Å². The van der Waals surface area contributed by atoms with E-state index in [2.05, 4.69) is 0 Å². The minimum atomic E-state index is -0.431. The number of benzene rings is 2. The van der Waals surface area contributed by atoms with Gasteiger partial charge >= 0.3 is 6.03 Å². The Morgan fingerprint density at radius 3 is 2.46 bits per heavy atom. The average molecular weight is 389 g/mol. The van der Waals surface area contributed by atoms with Crippen molar-refractivity contribution in [3.05, 3.63) is 59.1 Å².